The third kappa shape index (κ3) is 4.02. The lowest BCUT2D eigenvalue weighted by atomic mass is 10.2. The lowest BCUT2D eigenvalue weighted by Gasteiger charge is -2.30. The van der Waals surface area contributed by atoms with Gasteiger partial charge in [-0.05, 0) is 54.3 Å². The van der Waals surface area contributed by atoms with Gasteiger partial charge in [0.05, 0.1) is 5.69 Å². The molecule has 2 amide bonds. The van der Waals surface area contributed by atoms with E-state index in [4.69, 9.17) is 9.15 Å². The van der Waals surface area contributed by atoms with Crippen LogP contribution in [0, 0.1) is 0 Å². The van der Waals surface area contributed by atoms with Crippen LogP contribution >= 0.6 is 15.9 Å². The van der Waals surface area contributed by atoms with Gasteiger partial charge in [0.1, 0.15) is 5.75 Å². The molecule has 25 heavy (non-hydrogen) atoms. The van der Waals surface area contributed by atoms with Crippen LogP contribution in [0.4, 0.5) is 11.4 Å². The van der Waals surface area contributed by atoms with E-state index in [1.54, 1.807) is 35.2 Å². The summed E-state index contributed by atoms with van der Waals surface area (Å²) in [6.07, 6.45) is 0. The third-order valence-corrected chi connectivity index (χ3v) is 4.15. The van der Waals surface area contributed by atoms with Crippen LogP contribution in [0.25, 0.3) is 0 Å². The monoisotopic (exact) mass is 407 g/mol. The minimum absolute atomic E-state index is 0.0110. The zero-order chi connectivity index (χ0) is 18.0. The summed E-state index contributed by atoms with van der Waals surface area (Å²) < 4.78 is 11.2. The molecule has 0 aliphatic carbocycles. The van der Waals surface area contributed by atoms with Gasteiger partial charge in [-0.1, -0.05) is 0 Å². The minimum atomic E-state index is -0.359. The van der Waals surface area contributed by atoms with Crippen molar-refractivity contribution in [3.8, 4) is 5.75 Å². The zero-order valence-electron chi connectivity index (χ0n) is 13.9. The first-order valence-corrected chi connectivity index (χ1v) is 8.52. The predicted molar refractivity (Wildman–Crippen MR) is 97.2 cm³/mol. The van der Waals surface area contributed by atoms with E-state index < -0.39 is 0 Å². The topological polar surface area (TPSA) is 75.0 Å². The van der Waals surface area contributed by atoms with E-state index in [0.29, 0.717) is 28.3 Å². The van der Waals surface area contributed by atoms with Crippen LogP contribution in [0.1, 0.15) is 10.6 Å². The number of fused-ring (bicyclic) bond motifs is 1. The van der Waals surface area contributed by atoms with E-state index >= 15 is 0 Å². The van der Waals surface area contributed by atoms with Gasteiger partial charge < -0.3 is 24.3 Å². The first-order chi connectivity index (χ1) is 11.9. The number of nitrogens with one attached hydrogen (secondary N) is 1. The van der Waals surface area contributed by atoms with Crippen LogP contribution in [0.15, 0.2) is 39.4 Å². The summed E-state index contributed by atoms with van der Waals surface area (Å²) in [5.74, 6) is 0.332. The summed E-state index contributed by atoms with van der Waals surface area (Å²) in [6, 6.07) is 8.45. The van der Waals surface area contributed by atoms with Crippen LogP contribution in [-0.4, -0.2) is 50.5 Å². The van der Waals surface area contributed by atoms with Crippen LogP contribution in [0.5, 0.6) is 5.75 Å². The number of nitrogens with zero attached hydrogens (tertiary/aromatic N) is 2. The number of hydrogen-bond acceptors (Lipinski definition) is 5. The number of hydrogen-bond donors (Lipinski definition) is 1. The summed E-state index contributed by atoms with van der Waals surface area (Å²) in [5, 5.41) is 2.75. The van der Waals surface area contributed by atoms with Crippen molar-refractivity contribution in [1.29, 1.82) is 0 Å². The Balaban J connectivity index is 1.77. The molecule has 7 nitrogen and oxygen atoms in total. The second kappa shape index (κ2) is 7.28. The molecule has 0 fully saturated rings. The van der Waals surface area contributed by atoms with Crippen molar-refractivity contribution in [2.75, 3.05) is 44.0 Å². The second-order valence-corrected chi connectivity index (χ2v) is 6.66. The molecule has 1 aliphatic heterocycles. The standard InChI is InChI=1S/C17H18BrN3O4/c1-20(2)7-8-21-12-4-3-11(9-14(12)24-10-16(21)22)19-17(23)13-5-6-15(18)25-13/h3-6,9H,7-8,10H2,1-2H3,(H,19,23). The Bertz CT molecular complexity index is 803. The van der Waals surface area contributed by atoms with E-state index in [-0.39, 0.29) is 24.2 Å². The Morgan fingerprint density at radius 1 is 1.32 bits per heavy atom. The molecule has 1 aliphatic rings. The van der Waals surface area contributed by atoms with Crippen LogP contribution in [-0.2, 0) is 4.79 Å². The highest BCUT2D eigenvalue weighted by Crippen LogP contribution is 2.34. The van der Waals surface area contributed by atoms with Crippen molar-refractivity contribution < 1.29 is 18.7 Å². The highest BCUT2D eigenvalue weighted by atomic mass is 79.9. The van der Waals surface area contributed by atoms with Crippen LogP contribution in [0.3, 0.4) is 0 Å². The number of halogens is 1. The number of amides is 2. The number of ether oxygens (including phenoxy) is 1. The maximum Gasteiger partial charge on any atom is 0.291 e. The number of carbonyl (C=O) groups is 2. The molecule has 2 aromatic rings. The van der Waals surface area contributed by atoms with Gasteiger partial charge in [0.25, 0.3) is 11.8 Å². The number of benzene rings is 1. The fraction of sp³-hybridized carbons (Fsp3) is 0.294. The van der Waals surface area contributed by atoms with Crippen molar-refractivity contribution in [3.63, 3.8) is 0 Å². The van der Waals surface area contributed by atoms with Crippen molar-refractivity contribution in [2.45, 2.75) is 0 Å². The van der Waals surface area contributed by atoms with Gasteiger partial charge in [0.2, 0.25) is 0 Å². The Morgan fingerprint density at radius 3 is 2.80 bits per heavy atom. The molecule has 1 aromatic heterocycles. The normalized spacial score (nSPS) is 13.6. The highest BCUT2D eigenvalue weighted by Gasteiger charge is 2.25. The molecule has 0 saturated heterocycles. The predicted octanol–water partition coefficient (Wildman–Crippen LogP) is 2.58. The van der Waals surface area contributed by atoms with Crippen molar-refractivity contribution in [1.82, 2.24) is 4.90 Å². The van der Waals surface area contributed by atoms with E-state index in [9.17, 15) is 9.59 Å². The number of likely N-dealkylation sites (N-methyl/N-ethyl adjacent to an activating group) is 1. The lowest BCUT2D eigenvalue weighted by Crippen LogP contribution is -2.42. The average molecular weight is 408 g/mol. The van der Waals surface area contributed by atoms with Gasteiger partial charge in [-0.3, -0.25) is 9.59 Å². The van der Waals surface area contributed by atoms with E-state index in [2.05, 4.69) is 21.2 Å². The molecule has 0 radical (unpaired) electrons. The maximum atomic E-state index is 12.2. The first-order valence-electron chi connectivity index (χ1n) is 7.72. The largest absolute Gasteiger partial charge is 0.481 e. The summed E-state index contributed by atoms with van der Waals surface area (Å²) in [7, 11) is 3.91. The highest BCUT2D eigenvalue weighted by molar-refractivity contribution is 9.10. The molecule has 8 heteroatoms. The molecule has 0 unspecified atom stereocenters. The van der Waals surface area contributed by atoms with Gasteiger partial charge >= 0.3 is 0 Å². The van der Waals surface area contributed by atoms with Crippen molar-refractivity contribution >= 4 is 39.1 Å². The SMILES string of the molecule is CN(C)CCN1C(=O)COc2cc(NC(=O)c3ccc(Br)o3)ccc21. The van der Waals surface area contributed by atoms with Crippen molar-refractivity contribution in [2.24, 2.45) is 0 Å². The minimum Gasteiger partial charge on any atom is -0.481 e. The molecule has 0 saturated carbocycles. The Hall–Kier alpha value is -2.32. The molecule has 1 aromatic carbocycles. The Kier molecular flexibility index (Phi) is 5.10. The van der Waals surface area contributed by atoms with E-state index in [1.807, 2.05) is 19.0 Å². The van der Waals surface area contributed by atoms with Gasteiger partial charge in [0, 0.05) is 24.8 Å². The quantitative estimate of drug-likeness (QED) is 0.824. The molecule has 0 bridgehead atoms. The van der Waals surface area contributed by atoms with E-state index in [0.717, 1.165) is 6.54 Å². The van der Waals surface area contributed by atoms with Gasteiger partial charge in [-0.15, -0.1) is 0 Å². The third-order valence-electron chi connectivity index (χ3n) is 3.73. The molecular weight excluding hydrogens is 390 g/mol. The summed E-state index contributed by atoms with van der Waals surface area (Å²) in [4.78, 5) is 28.0. The maximum absolute atomic E-state index is 12.2. The molecular formula is C17H18BrN3O4. The molecule has 2 heterocycles. The average Bonchev–Trinajstić information content (AvgIpc) is 3.00. The number of furan rings is 1. The smallest absolute Gasteiger partial charge is 0.291 e. The summed E-state index contributed by atoms with van der Waals surface area (Å²) in [5.41, 5.74) is 1.27. The number of rotatable bonds is 5. The van der Waals surface area contributed by atoms with Crippen molar-refractivity contribution in [3.05, 3.63) is 40.8 Å². The molecule has 1 N–H and O–H groups in total. The Labute approximate surface area is 153 Å². The molecule has 0 spiro atoms. The molecule has 3 rings (SSSR count). The Morgan fingerprint density at radius 2 is 2.12 bits per heavy atom. The lowest BCUT2D eigenvalue weighted by molar-refractivity contribution is -0.121. The van der Waals surface area contributed by atoms with Crippen LogP contribution in [0.2, 0.25) is 0 Å². The zero-order valence-corrected chi connectivity index (χ0v) is 15.5. The number of anilines is 2. The van der Waals surface area contributed by atoms with Gasteiger partial charge in [0.15, 0.2) is 17.0 Å². The summed E-state index contributed by atoms with van der Waals surface area (Å²) >= 11 is 3.16. The van der Waals surface area contributed by atoms with Gasteiger partial charge in [-0.2, -0.15) is 0 Å². The molecule has 132 valence electrons. The molecule has 0 atom stereocenters. The first kappa shape index (κ1) is 17.5. The summed E-state index contributed by atoms with van der Waals surface area (Å²) in [6.45, 7) is 1.31. The number of carbonyl (C=O) groups excluding carboxylic acids is 2. The fourth-order valence-corrected chi connectivity index (χ4v) is 2.76. The fourth-order valence-electron chi connectivity index (χ4n) is 2.46. The van der Waals surface area contributed by atoms with Gasteiger partial charge in [-0.25, -0.2) is 0 Å². The van der Waals surface area contributed by atoms with E-state index in [1.165, 1.54) is 0 Å². The van der Waals surface area contributed by atoms with Crippen LogP contribution < -0.4 is 15.0 Å². The second-order valence-electron chi connectivity index (χ2n) is 5.88.